The van der Waals surface area contributed by atoms with Gasteiger partial charge in [-0.3, -0.25) is 0 Å². The van der Waals surface area contributed by atoms with Crippen molar-refractivity contribution in [3.05, 3.63) is 6.92 Å². The van der Waals surface area contributed by atoms with Crippen molar-refractivity contribution >= 4 is 0 Å². The summed E-state index contributed by atoms with van der Waals surface area (Å²) >= 11 is 0. The predicted molar refractivity (Wildman–Crippen MR) is 38.5 cm³/mol. The largest absolute Gasteiger partial charge is 0.198 e. The Kier molecular flexibility index (Phi) is 5.48. The van der Waals surface area contributed by atoms with E-state index in [1.165, 1.54) is 0 Å². The van der Waals surface area contributed by atoms with E-state index in [0.29, 0.717) is 12.8 Å². The standard InChI is InChI=1S/C8H11N2/c1-8(4-2-6-9)5-3-7-10/h8H,1-5H2. The summed E-state index contributed by atoms with van der Waals surface area (Å²) in [6, 6.07) is 4.10. The van der Waals surface area contributed by atoms with Crippen LogP contribution in [0.5, 0.6) is 0 Å². The van der Waals surface area contributed by atoms with E-state index in [0.717, 1.165) is 12.8 Å². The quantitative estimate of drug-likeness (QED) is 0.592. The van der Waals surface area contributed by atoms with Crippen LogP contribution in [-0.2, 0) is 0 Å². The number of nitriles is 2. The first kappa shape index (κ1) is 8.98. The highest BCUT2D eigenvalue weighted by atomic mass is 14.2. The van der Waals surface area contributed by atoms with Gasteiger partial charge in [0.1, 0.15) is 0 Å². The number of hydrogen-bond donors (Lipinski definition) is 0. The zero-order valence-corrected chi connectivity index (χ0v) is 6.01. The van der Waals surface area contributed by atoms with Crippen LogP contribution in [0.2, 0.25) is 0 Å². The minimum atomic E-state index is 0.277. The molecule has 0 fully saturated rings. The molecule has 0 saturated carbocycles. The third-order valence-corrected chi connectivity index (χ3v) is 1.33. The summed E-state index contributed by atoms with van der Waals surface area (Å²) in [6.07, 6.45) is 2.75. The Hall–Kier alpha value is -1.02. The Morgan fingerprint density at radius 2 is 1.50 bits per heavy atom. The molecular formula is C8H11N2. The minimum Gasteiger partial charge on any atom is -0.198 e. The summed E-state index contributed by atoms with van der Waals surface area (Å²) in [6.45, 7) is 3.81. The number of rotatable bonds is 4. The van der Waals surface area contributed by atoms with Gasteiger partial charge in [-0.05, 0) is 18.8 Å². The summed E-state index contributed by atoms with van der Waals surface area (Å²) in [4.78, 5) is 0. The number of nitrogens with zero attached hydrogens (tertiary/aromatic N) is 2. The summed E-state index contributed by atoms with van der Waals surface area (Å²) in [5, 5.41) is 16.4. The van der Waals surface area contributed by atoms with Crippen LogP contribution in [0.4, 0.5) is 0 Å². The van der Waals surface area contributed by atoms with Crippen LogP contribution in [0.25, 0.3) is 0 Å². The summed E-state index contributed by atoms with van der Waals surface area (Å²) in [7, 11) is 0. The highest BCUT2D eigenvalue weighted by Gasteiger charge is 1.99. The van der Waals surface area contributed by atoms with E-state index in [9.17, 15) is 0 Å². The third-order valence-electron chi connectivity index (χ3n) is 1.33. The van der Waals surface area contributed by atoms with Gasteiger partial charge in [-0.1, -0.05) is 6.92 Å². The monoisotopic (exact) mass is 135 g/mol. The molecule has 0 spiro atoms. The maximum Gasteiger partial charge on any atom is 0.0621 e. The van der Waals surface area contributed by atoms with Crippen molar-refractivity contribution in [3.63, 3.8) is 0 Å². The second-order valence-electron chi connectivity index (χ2n) is 2.26. The van der Waals surface area contributed by atoms with Crippen LogP contribution in [0.1, 0.15) is 25.7 Å². The fourth-order valence-electron chi connectivity index (χ4n) is 0.682. The van der Waals surface area contributed by atoms with Crippen molar-refractivity contribution in [2.45, 2.75) is 25.7 Å². The fourth-order valence-corrected chi connectivity index (χ4v) is 0.682. The first-order valence-corrected chi connectivity index (χ1v) is 3.38. The molecule has 10 heavy (non-hydrogen) atoms. The van der Waals surface area contributed by atoms with Gasteiger partial charge in [0.05, 0.1) is 12.1 Å². The maximum absolute atomic E-state index is 8.20. The summed E-state index contributed by atoms with van der Waals surface area (Å²) < 4.78 is 0. The average Bonchev–Trinajstić information content (AvgIpc) is 1.97. The molecule has 0 aromatic carbocycles. The van der Waals surface area contributed by atoms with Crippen LogP contribution in [0.3, 0.4) is 0 Å². The second-order valence-corrected chi connectivity index (χ2v) is 2.26. The lowest BCUT2D eigenvalue weighted by molar-refractivity contribution is 0.557. The van der Waals surface area contributed by atoms with Gasteiger partial charge in [0.15, 0.2) is 0 Å². The molecule has 2 heteroatoms. The Balaban J connectivity index is 3.20. The molecule has 0 aliphatic carbocycles. The molecule has 0 rings (SSSR count). The highest BCUT2D eigenvalue weighted by Crippen LogP contribution is 2.10. The third kappa shape index (κ3) is 5.12. The zero-order chi connectivity index (χ0) is 7.82. The van der Waals surface area contributed by atoms with Gasteiger partial charge in [-0.25, -0.2) is 0 Å². The van der Waals surface area contributed by atoms with Gasteiger partial charge < -0.3 is 0 Å². The molecule has 0 aliphatic rings. The summed E-state index contributed by atoms with van der Waals surface area (Å²) in [5.41, 5.74) is 0. The van der Waals surface area contributed by atoms with Crippen LogP contribution < -0.4 is 0 Å². The van der Waals surface area contributed by atoms with Crippen molar-refractivity contribution in [3.8, 4) is 12.1 Å². The van der Waals surface area contributed by atoms with Gasteiger partial charge in [-0.15, -0.1) is 0 Å². The fraction of sp³-hybridized carbons (Fsp3) is 0.625. The molecule has 0 unspecified atom stereocenters. The van der Waals surface area contributed by atoms with Crippen molar-refractivity contribution in [2.75, 3.05) is 0 Å². The first-order chi connectivity index (χ1) is 4.81. The topological polar surface area (TPSA) is 47.6 Å². The van der Waals surface area contributed by atoms with Crippen LogP contribution in [0.15, 0.2) is 0 Å². The van der Waals surface area contributed by atoms with E-state index in [-0.39, 0.29) is 5.92 Å². The lowest BCUT2D eigenvalue weighted by Gasteiger charge is -2.03. The Morgan fingerprint density at radius 3 is 1.80 bits per heavy atom. The van der Waals surface area contributed by atoms with Gasteiger partial charge in [-0.2, -0.15) is 10.5 Å². The van der Waals surface area contributed by atoms with Crippen molar-refractivity contribution in [2.24, 2.45) is 5.92 Å². The van der Waals surface area contributed by atoms with E-state index in [1.807, 2.05) is 0 Å². The van der Waals surface area contributed by atoms with Gasteiger partial charge in [0.25, 0.3) is 0 Å². The molecule has 0 aromatic rings. The molecule has 0 aromatic heterocycles. The Morgan fingerprint density at radius 1 is 1.10 bits per heavy atom. The Labute approximate surface area is 62.1 Å². The number of hydrogen-bond acceptors (Lipinski definition) is 2. The lowest BCUT2D eigenvalue weighted by atomic mass is 10.0. The lowest BCUT2D eigenvalue weighted by Crippen LogP contribution is -1.92. The Bertz CT molecular complexity index is 132. The highest BCUT2D eigenvalue weighted by molar-refractivity contribution is 4.77. The smallest absolute Gasteiger partial charge is 0.0621 e. The molecule has 0 heterocycles. The summed E-state index contributed by atoms with van der Waals surface area (Å²) in [5.74, 6) is 0.277. The normalized spacial score (nSPS) is 8.80. The molecule has 0 N–H and O–H groups in total. The second kappa shape index (κ2) is 6.11. The molecule has 0 atom stereocenters. The van der Waals surface area contributed by atoms with Gasteiger partial charge in [0.2, 0.25) is 0 Å². The molecule has 0 aliphatic heterocycles. The molecular weight excluding hydrogens is 124 g/mol. The first-order valence-electron chi connectivity index (χ1n) is 3.38. The van der Waals surface area contributed by atoms with Crippen molar-refractivity contribution in [1.82, 2.24) is 0 Å². The van der Waals surface area contributed by atoms with E-state index >= 15 is 0 Å². The van der Waals surface area contributed by atoms with E-state index in [2.05, 4.69) is 19.1 Å². The van der Waals surface area contributed by atoms with Crippen molar-refractivity contribution in [1.29, 1.82) is 10.5 Å². The molecule has 2 nitrogen and oxygen atoms in total. The molecule has 1 radical (unpaired) electrons. The van der Waals surface area contributed by atoms with Crippen LogP contribution in [-0.4, -0.2) is 0 Å². The van der Waals surface area contributed by atoms with Crippen LogP contribution in [0, 0.1) is 35.5 Å². The van der Waals surface area contributed by atoms with Crippen LogP contribution >= 0.6 is 0 Å². The predicted octanol–water partition coefficient (Wildman–Crippen LogP) is 2.04. The molecule has 0 amide bonds. The maximum atomic E-state index is 8.20. The average molecular weight is 135 g/mol. The molecule has 53 valence electrons. The van der Waals surface area contributed by atoms with E-state index in [4.69, 9.17) is 10.5 Å². The van der Waals surface area contributed by atoms with Crippen molar-refractivity contribution < 1.29 is 0 Å². The zero-order valence-electron chi connectivity index (χ0n) is 6.01. The SMILES string of the molecule is [CH2]C(CCC#N)CCC#N. The van der Waals surface area contributed by atoms with Gasteiger partial charge in [0, 0.05) is 12.8 Å². The molecule has 0 saturated heterocycles. The van der Waals surface area contributed by atoms with Gasteiger partial charge >= 0.3 is 0 Å². The molecule has 0 bridgehead atoms. The minimum absolute atomic E-state index is 0.277. The van der Waals surface area contributed by atoms with E-state index < -0.39 is 0 Å². The van der Waals surface area contributed by atoms with E-state index in [1.54, 1.807) is 0 Å².